The zero-order valence-corrected chi connectivity index (χ0v) is 20.1. The number of hydrogen-bond donors (Lipinski definition) is 0. The molecule has 0 unspecified atom stereocenters. The van der Waals surface area contributed by atoms with Crippen LogP contribution in [0.3, 0.4) is 0 Å². The normalized spacial score (nSPS) is 21.8. The second-order valence-electron chi connectivity index (χ2n) is 8.85. The van der Waals surface area contributed by atoms with Gasteiger partial charge in [-0.1, -0.05) is 48.0 Å². The van der Waals surface area contributed by atoms with Crippen molar-refractivity contribution in [3.8, 4) is 5.75 Å². The van der Waals surface area contributed by atoms with E-state index >= 15 is 0 Å². The Morgan fingerprint density at radius 1 is 1.12 bits per heavy atom. The summed E-state index contributed by atoms with van der Waals surface area (Å²) in [5.74, 6) is 1.09. The molecule has 0 aromatic heterocycles. The van der Waals surface area contributed by atoms with E-state index in [4.69, 9.17) is 16.3 Å². The van der Waals surface area contributed by atoms with Gasteiger partial charge in [-0.15, -0.1) is 0 Å². The maximum absolute atomic E-state index is 12.5. The molecule has 0 N–H and O–H groups in total. The molecule has 7 heteroatoms. The number of hydrogen-bond acceptors (Lipinski definition) is 4. The van der Waals surface area contributed by atoms with Gasteiger partial charge in [-0.25, -0.2) is 12.7 Å². The van der Waals surface area contributed by atoms with E-state index in [0.29, 0.717) is 12.5 Å². The van der Waals surface area contributed by atoms with Crippen molar-refractivity contribution in [3.05, 3.63) is 70.1 Å². The minimum absolute atomic E-state index is 0.108. The molecule has 4 rings (SSSR count). The molecule has 2 fully saturated rings. The van der Waals surface area contributed by atoms with Gasteiger partial charge in [0.25, 0.3) is 0 Å². The first-order valence-corrected chi connectivity index (χ1v) is 13.1. The number of likely N-dealkylation sites (tertiary alicyclic amines) is 1. The summed E-state index contributed by atoms with van der Waals surface area (Å²) >= 11 is 6.49. The number of benzene rings is 2. The SMILES string of the molecule is CN(CC1CC(Oc2ccc(CN3CCCC3)c(Cl)c2)C1)S(=O)(=O)/C=C/c1ccccc1. The Bertz CT molecular complexity index is 1030. The highest BCUT2D eigenvalue weighted by atomic mass is 35.5. The van der Waals surface area contributed by atoms with Gasteiger partial charge in [0, 0.05) is 30.6 Å². The molecule has 5 nitrogen and oxygen atoms in total. The Labute approximate surface area is 196 Å². The van der Waals surface area contributed by atoms with Crippen LogP contribution in [0.4, 0.5) is 0 Å². The van der Waals surface area contributed by atoms with Crippen molar-refractivity contribution in [2.75, 3.05) is 26.7 Å². The molecule has 1 aliphatic heterocycles. The second kappa shape index (κ2) is 10.4. The first-order valence-electron chi connectivity index (χ1n) is 11.3. The number of rotatable bonds is 9. The van der Waals surface area contributed by atoms with Crippen LogP contribution in [-0.2, 0) is 16.6 Å². The molecule has 0 amide bonds. The van der Waals surface area contributed by atoms with Crippen LogP contribution in [0.5, 0.6) is 5.75 Å². The molecule has 1 aliphatic carbocycles. The third-order valence-corrected chi connectivity index (χ3v) is 8.14. The van der Waals surface area contributed by atoms with Crippen LogP contribution < -0.4 is 4.74 Å². The zero-order valence-electron chi connectivity index (χ0n) is 18.5. The van der Waals surface area contributed by atoms with E-state index < -0.39 is 10.0 Å². The Balaban J connectivity index is 1.23. The van der Waals surface area contributed by atoms with Crippen molar-refractivity contribution in [3.63, 3.8) is 0 Å². The lowest BCUT2D eigenvalue weighted by Gasteiger charge is -2.37. The van der Waals surface area contributed by atoms with Gasteiger partial charge in [-0.05, 0) is 74.0 Å². The molecular weight excluding hydrogens is 444 g/mol. The van der Waals surface area contributed by atoms with Crippen LogP contribution in [-0.4, -0.2) is 50.4 Å². The van der Waals surface area contributed by atoms with Crippen LogP contribution >= 0.6 is 11.6 Å². The molecule has 2 aliphatic rings. The van der Waals surface area contributed by atoms with Gasteiger partial charge in [0.15, 0.2) is 0 Å². The highest BCUT2D eigenvalue weighted by molar-refractivity contribution is 7.92. The van der Waals surface area contributed by atoms with Crippen LogP contribution in [0.2, 0.25) is 5.02 Å². The summed E-state index contributed by atoms with van der Waals surface area (Å²) in [7, 11) is -1.80. The average molecular weight is 475 g/mol. The van der Waals surface area contributed by atoms with E-state index in [1.54, 1.807) is 13.1 Å². The van der Waals surface area contributed by atoms with Crippen LogP contribution in [0.1, 0.15) is 36.8 Å². The van der Waals surface area contributed by atoms with E-state index in [0.717, 1.165) is 54.4 Å². The van der Waals surface area contributed by atoms with Gasteiger partial charge in [0.2, 0.25) is 10.0 Å². The quantitative estimate of drug-likeness (QED) is 0.511. The first-order chi connectivity index (χ1) is 15.4. The Hall–Kier alpha value is -1.86. The van der Waals surface area contributed by atoms with E-state index in [-0.39, 0.29) is 6.10 Å². The van der Waals surface area contributed by atoms with Crippen molar-refractivity contribution in [2.24, 2.45) is 5.92 Å². The largest absolute Gasteiger partial charge is 0.490 e. The van der Waals surface area contributed by atoms with Crippen LogP contribution in [0.15, 0.2) is 53.9 Å². The van der Waals surface area contributed by atoms with E-state index in [1.165, 1.54) is 22.6 Å². The number of halogens is 1. The highest BCUT2D eigenvalue weighted by Gasteiger charge is 2.33. The third kappa shape index (κ3) is 6.13. The summed E-state index contributed by atoms with van der Waals surface area (Å²) in [6, 6.07) is 15.4. The molecule has 1 saturated heterocycles. The molecule has 2 aromatic carbocycles. The minimum Gasteiger partial charge on any atom is -0.490 e. The molecule has 1 heterocycles. The van der Waals surface area contributed by atoms with Crippen molar-refractivity contribution < 1.29 is 13.2 Å². The van der Waals surface area contributed by atoms with Gasteiger partial charge in [-0.3, -0.25) is 4.90 Å². The highest BCUT2D eigenvalue weighted by Crippen LogP contribution is 2.34. The molecule has 0 atom stereocenters. The fourth-order valence-corrected chi connectivity index (χ4v) is 5.51. The zero-order chi connectivity index (χ0) is 22.6. The van der Waals surface area contributed by atoms with Crippen molar-refractivity contribution in [1.29, 1.82) is 0 Å². The predicted molar refractivity (Wildman–Crippen MR) is 130 cm³/mol. The lowest BCUT2D eigenvalue weighted by molar-refractivity contribution is 0.0577. The van der Waals surface area contributed by atoms with E-state index in [2.05, 4.69) is 11.0 Å². The smallest absolute Gasteiger partial charge is 0.235 e. The van der Waals surface area contributed by atoms with Gasteiger partial charge in [-0.2, -0.15) is 0 Å². The summed E-state index contributed by atoms with van der Waals surface area (Å²) in [4.78, 5) is 2.43. The summed E-state index contributed by atoms with van der Waals surface area (Å²) in [5.41, 5.74) is 2.01. The van der Waals surface area contributed by atoms with Crippen molar-refractivity contribution in [1.82, 2.24) is 9.21 Å². The molecule has 0 radical (unpaired) electrons. The first kappa shape index (κ1) is 23.3. The lowest BCUT2D eigenvalue weighted by atomic mass is 9.82. The summed E-state index contributed by atoms with van der Waals surface area (Å²) < 4.78 is 32.6. The number of ether oxygens (including phenoxy) is 1. The monoisotopic (exact) mass is 474 g/mol. The second-order valence-corrected chi connectivity index (χ2v) is 11.2. The fraction of sp³-hybridized carbons (Fsp3) is 0.440. The Morgan fingerprint density at radius 2 is 1.84 bits per heavy atom. The molecule has 2 aromatic rings. The third-order valence-electron chi connectivity index (χ3n) is 6.29. The molecule has 172 valence electrons. The summed E-state index contributed by atoms with van der Waals surface area (Å²) in [6.45, 7) is 3.68. The maximum atomic E-state index is 12.5. The number of sulfonamides is 1. The van der Waals surface area contributed by atoms with Crippen LogP contribution in [0.25, 0.3) is 6.08 Å². The topological polar surface area (TPSA) is 49.9 Å². The summed E-state index contributed by atoms with van der Waals surface area (Å²) in [5, 5.41) is 2.03. The molecule has 1 saturated carbocycles. The van der Waals surface area contributed by atoms with Crippen molar-refractivity contribution in [2.45, 2.75) is 38.3 Å². The maximum Gasteiger partial charge on any atom is 0.235 e. The van der Waals surface area contributed by atoms with Gasteiger partial charge in [0.1, 0.15) is 5.75 Å². The molecule has 32 heavy (non-hydrogen) atoms. The molecule has 0 bridgehead atoms. The Kier molecular flexibility index (Phi) is 7.56. The van der Waals surface area contributed by atoms with E-state index in [9.17, 15) is 8.42 Å². The fourth-order valence-electron chi connectivity index (χ4n) is 4.32. The van der Waals surface area contributed by atoms with Gasteiger partial charge in [0.05, 0.1) is 6.10 Å². The Morgan fingerprint density at radius 3 is 2.53 bits per heavy atom. The molecular formula is C25H31ClN2O3S. The minimum atomic E-state index is -3.44. The predicted octanol–water partition coefficient (Wildman–Crippen LogP) is 5.03. The molecule has 0 spiro atoms. The number of nitrogens with zero attached hydrogens (tertiary/aromatic N) is 2. The van der Waals surface area contributed by atoms with Gasteiger partial charge < -0.3 is 4.74 Å². The van der Waals surface area contributed by atoms with Crippen LogP contribution in [0, 0.1) is 5.92 Å². The standard InChI is InChI=1S/C25H31ClN2O3S/c1-27(32(29,30)14-11-20-7-3-2-4-8-20)18-21-15-24(16-21)31-23-10-9-22(25(26)17-23)19-28-12-5-6-13-28/h2-4,7-11,14,17,21,24H,5-6,12-13,15-16,18-19H2,1H3/b14-11+. The van der Waals surface area contributed by atoms with E-state index in [1.807, 2.05) is 42.5 Å². The average Bonchev–Trinajstić information content (AvgIpc) is 3.26. The lowest BCUT2D eigenvalue weighted by Crippen LogP contribution is -2.41. The van der Waals surface area contributed by atoms with Crippen molar-refractivity contribution >= 4 is 27.7 Å². The summed E-state index contributed by atoms with van der Waals surface area (Å²) in [6.07, 6.45) is 5.96. The van der Waals surface area contributed by atoms with Gasteiger partial charge >= 0.3 is 0 Å².